The van der Waals surface area contributed by atoms with Crippen LogP contribution < -0.4 is 10.2 Å². The van der Waals surface area contributed by atoms with Crippen molar-refractivity contribution in [1.82, 2.24) is 0 Å². The van der Waals surface area contributed by atoms with Gasteiger partial charge in [0.2, 0.25) is 0 Å². The number of carbonyl (C=O) groups is 1. The molecule has 1 unspecified atom stereocenters. The van der Waals surface area contributed by atoms with Crippen molar-refractivity contribution in [2.75, 3.05) is 25.5 Å². The summed E-state index contributed by atoms with van der Waals surface area (Å²) in [6, 6.07) is 6.18. The highest BCUT2D eigenvalue weighted by Gasteiger charge is 2.65. The van der Waals surface area contributed by atoms with Crippen LogP contribution in [0, 0.1) is 5.92 Å². The standard InChI is InChI=1S/C20H22N2O3/c1-3-11-10-22-8-7-20-13-5-4-6-14(23)17(13)21-18(20)16(19(24)25-2)12(11)9-15(20)22/h3-6,12,15,21,23H,7-10H2,1-2H3/p+1/b11-3+/t12-,15-,20+/m1/s1. The van der Waals surface area contributed by atoms with E-state index in [0.29, 0.717) is 6.04 Å². The lowest BCUT2D eigenvalue weighted by atomic mass is 9.62. The molecule has 0 saturated carbocycles. The number of fused-ring (bicyclic) bond motifs is 2. The zero-order valence-electron chi connectivity index (χ0n) is 14.6. The molecule has 1 aliphatic carbocycles. The van der Waals surface area contributed by atoms with E-state index in [2.05, 4.69) is 24.4 Å². The van der Waals surface area contributed by atoms with Crippen molar-refractivity contribution >= 4 is 11.7 Å². The lowest BCUT2D eigenvalue weighted by molar-refractivity contribution is -0.914. The van der Waals surface area contributed by atoms with Gasteiger partial charge >= 0.3 is 5.97 Å². The first-order valence-corrected chi connectivity index (χ1v) is 9.04. The number of ether oxygens (including phenoxy) is 1. The van der Waals surface area contributed by atoms with E-state index < -0.39 is 0 Å². The third-order valence-corrected chi connectivity index (χ3v) is 6.89. The highest BCUT2D eigenvalue weighted by atomic mass is 16.5. The van der Waals surface area contributed by atoms with Gasteiger partial charge in [-0.05, 0) is 24.1 Å². The predicted molar refractivity (Wildman–Crippen MR) is 93.4 cm³/mol. The molecule has 5 heteroatoms. The molecule has 0 aromatic heterocycles. The third kappa shape index (κ3) is 1.64. The van der Waals surface area contributed by atoms with E-state index >= 15 is 0 Å². The second-order valence-electron chi connectivity index (χ2n) is 7.62. The number of nitrogens with one attached hydrogen (secondary N) is 2. The number of methoxy groups -OCH3 is 1. The highest BCUT2D eigenvalue weighted by molar-refractivity contribution is 5.94. The van der Waals surface area contributed by atoms with E-state index in [9.17, 15) is 9.90 Å². The quantitative estimate of drug-likeness (QED) is 0.408. The molecule has 4 atom stereocenters. The number of carbonyl (C=O) groups excluding carboxylic acids is 1. The maximum Gasteiger partial charge on any atom is 0.336 e. The molecule has 25 heavy (non-hydrogen) atoms. The van der Waals surface area contributed by atoms with Crippen LogP contribution in [0.4, 0.5) is 5.69 Å². The summed E-state index contributed by atoms with van der Waals surface area (Å²) in [5.41, 5.74) is 4.80. The topological polar surface area (TPSA) is 63.0 Å². The van der Waals surface area contributed by atoms with E-state index in [0.717, 1.165) is 48.5 Å². The summed E-state index contributed by atoms with van der Waals surface area (Å²) in [4.78, 5) is 14.4. The summed E-state index contributed by atoms with van der Waals surface area (Å²) < 4.78 is 5.18. The van der Waals surface area contributed by atoms with Gasteiger partial charge in [-0.2, -0.15) is 0 Å². The lowest BCUT2D eigenvalue weighted by Gasteiger charge is -2.45. The predicted octanol–water partition coefficient (Wildman–Crippen LogP) is 1.12. The molecule has 1 spiro atoms. The van der Waals surface area contributed by atoms with Gasteiger partial charge in [-0.3, -0.25) is 0 Å². The molecule has 1 aromatic rings. The van der Waals surface area contributed by atoms with E-state index in [1.807, 2.05) is 6.07 Å². The average molecular weight is 339 g/mol. The van der Waals surface area contributed by atoms with Crippen LogP contribution in [0.25, 0.3) is 0 Å². The molecule has 5 rings (SSSR count). The smallest absolute Gasteiger partial charge is 0.336 e. The number of rotatable bonds is 1. The van der Waals surface area contributed by atoms with Crippen LogP contribution >= 0.6 is 0 Å². The number of quaternary nitrogens is 1. The number of benzene rings is 1. The largest absolute Gasteiger partial charge is 0.506 e. The first-order chi connectivity index (χ1) is 12.1. The van der Waals surface area contributed by atoms with Gasteiger partial charge < -0.3 is 20.1 Å². The minimum atomic E-state index is -0.243. The molecule has 0 amide bonds. The molecule has 1 aromatic carbocycles. The number of hydrogen-bond acceptors (Lipinski definition) is 4. The molecule has 5 nitrogen and oxygen atoms in total. The SMILES string of the molecule is C/C=C1\C[NH+]2CC[C@@]34C(=C(C(=O)OC)[C@@H]1C[C@@H]23)Nc1c(O)cccc14. The Morgan fingerprint density at radius 1 is 1.48 bits per heavy atom. The summed E-state index contributed by atoms with van der Waals surface area (Å²) in [5.74, 6) is 0.135. The summed E-state index contributed by atoms with van der Waals surface area (Å²) in [5, 5.41) is 13.9. The molecule has 3 heterocycles. The molecule has 0 radical (unpaired) electrons. The van der Waals surface area contributed by atoms with Crippen molar-refractivity contribution in [3.63, 3.8) is 0 Å². The zero-order valence-corrected chi connectivity index (χ0v) is 14.6. The second-order valence-corrected chi connectivity index (χ2v) is 7.62. The van der Waals surface area contributed by atoms with Crippen molar-refractivity contribution in [2.45, 2.75) is 31.2 Å². The number of hydrogen-bond donors (Lipinski definition) is 3. The van der Waals surface area contributed by atoms with Gasteiger partial charge in [-0.15, -0.1) is 0 Å². The fraction of sp³-hybridized carbons (Fsp3) is 0.450. The number of phenolic OH excluding ortho intramolecular Hbond substituents is 1. The number of para-hydroxylation sites is 1. The number of allylic oxidation sites excluding steroid dienone is 1. The fourth-order valence-electron chi connectivity index (χ4n) is 5.89. The van der Waals surface area contributed by atoms with Gasteiger partial charge in [0.25, 0.3) is 0 Å². The molecule has 2 saturated heterocycles. The number of aromatic hydroxyl groups is 1. The van der Waals surface area contributed by atoms with Gasteiger partial charge in [0.15, 0.2) is 0 Å². The first kappa shape index (κ1) is 15.0. The Kier molecular flexibility index (Phi) is 2.93. The monoisotopic (exact) mass is 339 g/mol. The third-order valence-electron chi connectivity index (χ3n) is 6.89. The molecular formula is C20H23N2O3+. The maximum absolute atomic E-state index is 12.8. The second kappa shape index (κ2) is 4.88. The van der Waals surface area contributed by atoms with Gasteiger partial charge in [-0.1, -0.05) is 18.2 Å². The molecule has 4 aliphatic rings. The van der Waals surface area contributed by atoms with Crippen molar-refractivity contribution in [3.05, 3.63) is 46.7 Å². The Bertz CT molecular complexity index is 856. The average Bonchev–Trinajstić information content (AvgIpc) is 3.18. The fourth-order valence-corrected chi connectivity index (χ4v) is 5.89. The Hall–Kier alpha value is -2.27. The van der Waals surface area contributed by atoms with Crippen molar-refractivity contribution in [1.29, 1.82) is 0 Å². The van der Waals surface area contributed by atoms with Crippen molar-refractivity contribution in [2.24, 2.45) is 5.92 Å². The molecule has 130 valence electrons. The van der Waals surface area contributed by atoms with Crippen LogP contribution in [0.1, 0.15) is 25.3 Å². The van der Waals surface area contributed by atoms with Crippen LogP contribution in [0.15, 0.2) is 41.1 Å². The molecule has 2 fully saturated rings. The van der Waals surface area contributed by atoms with Crippen LogP contribution in [-0.4, -0.2) is 37.3 Å². The Balaban J connectivity index is 1.83. The number of anilines is 1. The summed E-state index contributed by atoms with van der Waals surface area (Å²) in [6.07, 6.45) is 4.14. The normalized spacial score (nSPS) is 36.1. The minimum Gasteiger partial charge on any atom is -0.506 e. The van der Waals surface area contributed by atoms with Gasteiger partial charge in [0, 0.05) is 24.5 Å². The van der Waals surface area contributed by atoms with E-state index in [-0.39, 0.29) is 23.1 Å². The van der Waals surface area contributed by atoms with Gasteiger partial charge in [0.05, 0.1) is 36.9 Å². The molecule has 2 bridgehead atoms. The summed E-state index contributed by atoms with van der Waals surface area (Å²) >= 11 is 0. The zero-order chi connectivity index (χ0) is 17.3. The molecule has 3 aliphatic heterocycles. The molecule has 3 N–H and O–H groups in total. The molecular weight excluding hydrogens is 316 g/mol. The van der Waals surface area contributed by atoms with Crippen LogP contribution in [0.5, 0.6) is 5.75 Å². The summed E-state index contributed by atoms with van der Waals surface area (Å²) in [7, 11) is 1.46. The van der Waals surface area contributed by atoms with E-state index in [4.69, 9.17) is 4.74 Å². The highest BCUT2D eigenvalue weighted by Crippen LogP contribution is 2.58. The van der Waals surface area contributed by atoms with Crippen LogP contribution in [0.2, 0.25) is 0 Å². The number of phenols is 1. The van der Waals surface area contributed by atoms with Gasteiger partial charge in [0.1, 0.15) is 11.8 Å². The Labute approximate surface area is 147 Å². The Morgan fingerprint density at radius 3 is 3.08 bits per heavy atom. The van der Waals surface area contributed by atoms with Crippen molar-refractivity contribution in [3.8, 4) is 5.75 Å². The first-order valence-electron chi connectivity index (χ1n) is 9.04. The van der Waals surface area contributed by atoms with Crippen molar-refractivity contribution < 1.29 is 19.5 Å². The van der Waals surface area contributed by atoms with Crippen LogP contribution in [-0.2, 0) is 14.9 Å². The lowest BCUT2D eigenvalue weighted by Crippen LogP contribution is -3.16. The van der Waals surface area contributed by atoms with Gasteiger partial charge in [-0.25, -0.2) is 4.79 Å². The van der Waals surface area contributed by atoms with E-state index in [1.54, 1.807) is 11.0 Å². The van der Waals surface area contributed by atoms with Crippen LogP contribution in [0.3, 0.4) is 0 Å². The minimum absolute atomic E-state index is 0.122. The number of esters is 1. The maximum atomic E-state index is 12.8. The Morgan fingerprint density at radius 2 is 2.32 bits per heavy atom. The summed E-state index contributed by atoms with van der Waals surface area (Å²) in [6.45, 7) is 4.15. The number of piperidine rings is 1. The van der Waals surface area contributed by atoms with E-state index in [1.165, 1.54) is 12.7 Å².